The third-order valence-corrected chi connectivity index (χ3v) is 5.61. The van der Waals surface area contributed by atoms with Gasteiger partial charge >= 0.3 is 0 Å². The molecule has 2 unspecified atom stereocenters. The highest BCUT2D eigenvalue weighted by atomic mass is 16.3. The molecule has 22 heavy (non-hydrogen) atoms. The first kappa shape index (κ1) is 14.9. The maximum atomic E-state index is 9.59. The van der Waals surface area contributed by atoms with Crippen LogP contribution in [0.4, 0.5) is 0 Å². The van der Waals surface area contributed by atoms with Crippen molar-refractivity contribution >= 4 is 0 Å². The Morgan fingerprint density at radius 2 is 1.27 bits per heavy atom. The van der Waals surface area contributed by atoms with Crippen molar-refractivity contribution in [3.63, 3.8) is 0 Å². The molecule has 2 aliphatic rings. The van der Waals surface area contributed by atoms with E-state index in [1.807, 2.05) is 0 Å². The zero-order chi connectivity index (χ0) is 14.4. The van der Waals surface area contributed by atoms with Crippen LogP contribution in [0.5, 0.6) is 11.5 Å². The zero-order valence-electron chi connectivity index (χ0n) is 12.5. The summed E-state index contributed by atoms with van der Waals surface area (Å²) in [5.41, 5.74) is 2.67. The van der Waals surface area contributed by atoms with Crippen LogP contribution in [0.15, 0.2) is 48.5 Å². The third kappa shape index (κ3) is 2.08. The van der Waals surface area contributed by atoms with E-state index in [0.717, 1.165) is 5.92 Å². The Hall–Kier alpha value is -2.00. The van der Waals surface area contributed by atoms with Gasteiger partial charge in [0.2, 0.25) is 0 Å². The second-order valence-electron chi connectivity index (χ2n) is 6.65. The third-order valence-electron chi connectivity index (χ3n) is 5.61. The number of benzene rings is 2. The van der Waals surface area contributed by atoms with Crippen LogP contribution in [0.2, 0.25) is 0 Å². The molecule has 2 bridgehead atoms. The van der Waals surface area contributed by atoms with E-state index in [2.05, 4.69) is 24.3 Å². The molecule has 116 valence electrons. The molecule has 0 amide bonds. The maximum absolute atomic E-state index is 9.59. The smallest absolute Gasteiger partial charge is 0.115 e. The summed E-state index contributed by atoms with van der Waals surface area (Å²) >= 11 is 0. The zero-order valence-corrected chi connectivity index (χ0v) is 12.5. The highest BCUT2D eigenvalue weighted by Gasteiger charge is 2.52. The number of aromatic hydroxyl groups is 2. The van der Waals surface area contributed by atoms with Gasteiger partial charge in [-0.15, -0.1) is 0 Å². The highest BCUT2D eigenvalue weighted by Crippen LogP contribution is 2.60. The van der Waals surface area contributed by atoms with Gasteiger partial charge in [-0.3, -0.25) is 0 Å². The molecule has 2 aliphatic carbocycles. The minimum Gasteiger partial charge on any atom is -0.508 e. The van der Waals surface area contributed by atoms with E-state index in [-0.39, 0.29) is 10.9 Å². The Labute approximate surface area is 130 Å². The van der Waals surface area contributed by atoms with E-state index in [9.17, 15) is 10.2 Å². The number of phenolic OH excluding ortho intramolecular Hbond substituents is 2. The molecular formula is C19H22O3. The molecule has 2 aromatic carbocycles. The fourth-order valence-electron chi connectivity index (χ4n) is 4.72. The average molecular weight is 298 g/mol. The Kier molecular flexibility index (Phi) is 3.61. The Bertz CT molecular complexity index is 600. The molecule has 0 radical (unpaired) electrons. The molecule has 0 heterocycles. The Balaban J connectivity index is 0.00000144. The molecule has 2 saturated carbocycles. The lowest BCUT2D eigenvalue weighted by atomic mass is 9.64. The lowest BCUT2D eigenvalue weighted by Gasteiger charge is -2.39. The average Bonchev–Trinajstić information content (AvgIpc) is 3.10. The van der Waals surface area contributed by atoms with Gasteiger partial charge in [-0.05, 0) is 66.5 Å². The molecule has 0 spiro atoms. The van der Waals surface area contributed by atoms with Crippen LogP contribution >= 0.6 is 0 Å². The molecule has 2 atom stereocenters. The molecular weight excluding hydrogens is 276 g/mol. The van der Waals surface area contributed by atoms with Crippen molar-refractivity contribution in [3.8, 4) is 11.5 Å². The van der Waals surface area contributed by atoms with E-state index in [1.54, 1.807) is 24.3 Å². The fraction of sp³-hybridized carbons (Fsp3) is 0.368. The summed E-state index contributed by atoms with van der Waals surface area (Å²) in [4.78, 5) is 0. The van der Waals surface area contributed by atoms with Crippen LogP contribution in [0.25, 0.3) is 0 Å². The first-order valence-electron chi connectivity index (χ1n) is 7.77. The Morgan fingerprint density at radius 3 is 1.64 bits per heavy atom. The van der Waals surface area contributed by atoms with Crippen LogP contribution in [0, 0.1) is 11.8 Å². The van der Waals surface area contributed by atoms with Crippen molar-refractivity contribution < 1.29 is 15.7 Å². The minimum atomic E-state index is 0. The van der Waals surface area contributed by atoms with Crippen LogP contribution in [0.1, 0.15) is 36.8 Å². The molecule has 3 nitrogen and oxygen atoms in total. The molecule has 2 fully saturated rings. The van der Waals surface area contributed by atoms with Crippen LogP contribution in [0.3, 0.4) is 0 Å². The van der Waals surface area contributed by atoms with Gasteiger partial charge in [0, 0.05) is 5.41 Å². The summed E-state index contributed by atoms with van der Waals surface area (Å²) in [6.45, 7) is 0. The molecule has 4 N–H and O–H groups in total. The van der Waals surface area contributed by atoms with Crippen molar-refractivity contribution in [2.24, 2.45) is 11.8 Å². The van der Waals surface area contributed by atoms with E-state index in [1.165, 1.54) is 36.8 Å². The monoisotopic (exact) mass is 298 g/mol. The van der Waals surface area contributed by atoms with E-state index < -0.39 is 0 Å². The summed E-state index contributed by atoms with van der Waals surface area (Å²) in [5.74, 6) is 2.14. The standard InChI is InChI=1S/C19H20O2.H2O/c20-17-7-3-14(4-8-17)19(12-13-1-2-16(19)11-13)15-5-9-18(21)10-6-15;/h3-10,13,16,20-21H,1-2,11-12H2;1H2. The number of hydrogen-bond donors (Lipinski definition) is 2. The Morgan fingerprint density at radius 1 is 0.773 bits per heavy atom. The topological polar surface area (TPSA) is 72.0 Å². The predicted molar refractivity (Wildman–Crippen MR) is 86.1 cm³/mol. The summed E-state index contributed by atoms with van der Waals surface area (Å²) in [5, 5.41) is 19.2. The summed E-state index contributed by atoms with van der Waals surface area (Å²) in [6, 6.07) is 15.5. The van der Waals surface area contributed by atoms with Crippen LogP contribution in [-0.2, 0) is 5.41 Å². The van der Waals surface area contributed by atoms with E-state index >= 15 is 0 Å². The van der Waals surface area contributed by atoms with Gasteiger partial charge in [-0.25, -0.2) is 0 Å². The number of hydrogen-bond acceptors (Lipinski definition) is 2. The second kappa shape index (κ2) is 5.33. The predicted octanol–water partition coefficient (Wildman–Crippen LogP) is 3.38. The highest BCUT2D eigenvalue weighted by molar-refractivity contribution is 5.45. The van der Waals surface area contributed by atoms with Crippen LogP contribution in [-0.4, -0.2) is 15.7 Å². The first-order valence-corrected chi connectivity index (χ1v) is 7.77. The molecule has 4 rings (SSSR count). The van der Waals surface area contributed by atoms with E-state index in [0.29, 0.717) is 17.4 Å². The maximum Gasteiger partial charge on any atom is 0.115 e. The van der Waals surface area contributed by atoms with Crippen LogP contribution < -0.4 is 0 Å². The largest absolute Gasteiger partial charge is 0.508 e. The lowest BCUT2D eigenvalue weighted by molar-refractivity contribution is 0.319. The number of phenols is 2. The van der Waals surface area contributed by atoms with Crippen molar-refractivity contribution in [2.75, 3.05) is 0 Å². The fourth-order valence-corrected chi connectivity index (χ4v) is 4.72. The minimum absolute atomic E-state index is 0. The number of rotatable bonds is 2. The van der Waals surface area contributed by atoms with Gasteiger partial charge < -0.3 is 15.7 Å². The van der Waals surface area contributed by atoms with Crippen molar-refractivity contribution in [3.05, 3.63) is 59.7 Å². The van der Waals surface area contributed by atoms with Gasteiger partial charge in [0.05, 0.1) is 0 Å². The SMILES string of the molecule is O.Oc1ccc(C2(c3ccc(O)cc3)CC3CCC2C3)cc1. The molecule has 0 aromatic heterocycles. The molecule has 0 saturated heterocycles. The quantitative estimate of drug-likeness (QED) is 0.892. The summed E-state index contributed by atoms with van der Waals surface area (Å²) in [7, 11) is 0. The molecule has 0 aliphatic heterocycles. The van der Waals surface area contributed by atoms with Gasteiger partial charge in [-0.1, -0.05) is 30.7 Å². The van der Waals surface area contributed by atoms with Gasteiger partial charge in [0.25, 0.3) is 0 Å². The normalized spacial score (nSPS) is 24.9. The van der Waals surface area contributed by atoms with Crippen molar-refractivity contribution in [1.29, 1.82) is 0 Å². The van der Waals surface area contributed by atoms with Gasteiger partial charge in [-0.2, -0.15) is 0 Å². The second-order valence-corrected chi connectivity index (χ2v) is 6.65. The van der Waals surface area contributed by atoms with Gasteiger partial charge in [0.15, 0.2) is 0 Å². The van der Waals surface area contributed by atoms with Gasteiger partial charge in [0.1, 0.15) is 11.5 Å². The summed E-state index contributed by atoms with van der Waals surface area (Å²) < 4.78 is 0. The van der Waals surface area contributed by atoms with Crippen molar-refractivity contribution in [1.82, 2.24) is 0 Å². The lowest BCUT2D eigenvalue weighted by Crippen LogP contribution is -2.33. The van der Waals surface area contributed by atoms with E-state index in [4.69, 9.17) is 0 Å². The van der Waals surface area contributed by atoms with Crippen molar-refractivity contribution in [2.45, 2.75) is 31.1 Å². The number of fused-ring (bicyclic) bond motifs is 2. The molecule has 3 heteroatoms. The first-order chi connectivity index (χ1) is 10.2. The summed E-state index contributed by atoms with van der Waals surface area (Å²) in [6.07, 6.45) is 5.13. The molecule has 2 aromatic rings.